The van der Waals surface area contributed by atoms with E-state index < -0.39 is 0 Å². The second-order valence-electron chi connectivity index (χ2n) is 4.61. The zero-order valence-electron chi connectivity index (χ0n) is 10.8. The lowest BCUT2D eigenvalue weighted by molar-refractivity contribution is 0.0902. The van der Waals surface area contributed by atoms with Crippen molar-refractivity contribution >= 4 is 14.7 Å². The summed E-state index contributed by atoms with van der Waals surface area (Å²) in [6.45, 7) is 4.29. The van der Waals surface area contributed by atoms with Crippen LogP contribution < -0.4 is 0 Å². The van der Waals surface area contributed by atoms with Crippen LogP contribution in [0, 0.1) is 0 Å². The number of piperidine rings is 1. The van der Waals surface area contributed by atoms with Crippen LogP contribution in [0.25, 0.3) is 0 Å². The van der Waals surface area contributed by atoms with Crippen molar-refractivity contribution in [2.45, 2.75) is 25.1 Å². The first-order chi connectivity index (χ1) is 8.79. The molecular formula is C14H20NO2P. The minimum Gasteiger partial charge on any atom is -0.445 e. The van der Waals surface area contributed by atoms with E-state index in [0.717, 1.165) is 33.7 Å². The van der Waals surface area contributed by atoms with Crippen molar-refractivity contribution in [1.82, 2.24) is 4.90 Å². The standard InChI is InChI=1S/C14H20NO2P/c1-18-13-8-5-9-15(10-13)14(16)17-11-12-6-3-2-4-7-12/h2-4,6-7,13,18H,5,8-11H2,1H3. The number of carbonyl (C=O) groups is 1. The Hall–Kier alpha value is -1.08. The van der Waals surface area contributed by atoms with E-state index >= 15 is 0 Å². The molecule has 3 nitrogen and oxygen atoms in total. The smallest absolute Gasteiger partial charge is 0.410 e. The van der Waals surface area contributed by atoms with Gasteiger partial charge in [0, 0.05) is 13.1 Å². The molecular weight excluding hydrogens is 245 g/mol. The van der Waals surface area contributed by atoms with Crippen molar-refractivity contribution in [3.63, 3.8) is 0 Å². The maximum atomic E-state index is 11.9. The van der Waals surface area contributed by atoms with Gasteiger partial charge in [-0.2, -0.15) is 0 Å². The van der Waals surface area contributed by atoms with E-state index in [4.69, 9.17) is 4.74 Å². The number of carbonyl (C=O) groups excluding carboxylic acids is 1. The predicted molar refractivity (Wildman–Crippen MR) is 75.5 cm³/mol. The molecule has 2 unspecified atom stereocenters. The molecule has 0 aliphatic carbocycles. The molecule has 2 atom stereocenters. The average molecular weight is 265 g/mol. The highest BCUT2D eigenvalue weighted by Gasteiger charge is 2.23. The summed E-state index contributed by atoms with van der Waals surface area (Å²) in [5, 5.41) is 0. The Bertz CT molecular complexity index is 383. The van der Waals surface area contributed by atoms with Gasteiger partial charge in [0.1, 0.15) is 6.61 Å². The van der Waals surface area contributed by atoms with Gasteiger partial charge in [0.15, 0.2) is 0 Å². The van der Waals surface area contributed by atoms with Crippen LogP contribution in [0.1, 0.15) is 18.4 Å². The normalized spacial score (nSPS) is 20.3. The molecule has 2 rings (SSSR count). The fourth-order valence-corrected chi connectivity index (χ4v) is 3.08. The van der Waals surface area contributed by atoms with E-state index in [1.807, 2.05) is 35.2 Å². The minimum atomic E-state index is -0.165. The van der Waals surface area contributed by atoms with Crippen LogP contribution in [-0.4, -0.2) is 36.4 Å². The van der Waals surface area contributed by atoms with Gasteiger partial charge in [0.05, 0.1) is 0 Å². The van der Waals surface area contributed by atoms with E-state index in [2.05, 4.69) is 6.66 Å². The van der Waals surface area contributed by atoms with Gasteiger partial charge in [0.25, 0.3) is 0 Å². The van der Waals surface area contributed by atoms with Crippen LogP contribution in [0.2, 0.25) is 0 Å². The quantitative estimate of drug-likeness (QED) is 0.786. The molecule has 1 aliphatic rings. The number of nitrogens with zero attached hydrogens (tertiary/aromatic N) is 1. The molecule has 0 saturated carbocycles. The van der Waals surface area contributed by atoms with Crippen molar-refractivity contribution in [2.24, 2.45) is 0 Å². The summed E-state index contributed by atoms with van der Waals surface area (Å²) in [6.07, 6.45) is 2.19. The topological polar surface area (TPSA) is 29.5 Å². The van der Waals surface area contributed by atoms with Crippen molar-refractivity contribution in [3.8, 4) is 0 Å². The summed E-state index contributed by atoms with van der Waals surface area (Å²) >= 11 is 0. The number of likely N-dealkylation sites (tertiary alicyclic amines) is 1. The maximum absolute atomic E-state index is 11.9. The summed E-state index contributed by atoms with van der Waals surface area (Å²) < 4.78 is 5.35. The van der Waals surface area contributed by atoms with Gasteiger partial charge in [-0.3, -0.25) is 0 Å². The zero-order chi connectivity index (χ0) is 12.8. The number of rotatable bonds is 3. The molecule has 1 aliphatic heterocycles. The second kappa shape index (κ2) is 6.75. The summed E-state index contributed by atoms with van der Waals surface area (Å²) in [5.74, 6) is 0. The summed E-state index contributed by atoms with van der Waals surface area (Å²) in [7, 11) is 0.911. The molecule has 1 aromatic carbocycles. The largest absolute Gasteiger partial charge is 0.445 e. The molecule has 1 heterocycles. The zero-order valence-corrected chi connectivity index (χ0v) is 11.8. The van der Waals surface area contributed by atoms with Crippen molar-refractivity contribution in [2.75, 3.05) is 19.8 Å². The molecule has 1 fully saturated rings. The van der Waals surface area contributed by atoms with Crippen LogP contribution >= 0.6 is 8.58 Å². The predicted octanol–water partition coefficient (Wildman–Crippen LogP) is 3.10. The first-order valence-corrected chi connectivity index (χ1v) is 8.00. The lowest BCUT2D eigenvalue weighted by Crippen LogP contribution is -2.40. The Morgan fingerprint density at radius 3 is 2.94 bits per heavy atom. The Kier molecular flexibility index (Phi) is 5.00. The number of amides is 1. The molecule has 0 N–H and O–H groups in total. The van der Waals surface area contributed by atoms with Gasteiger partial charge in [-0.1, -0.05) is 30.3 Å². The number of hydrogen-bond donors (Lipinski definition) is 0. The van der Waals surface area contributed by atoms with E-state index in [9.17, 15) is 4.79 Å². The van der Waals surface area contributed by atoms with E-state index in [0.29, 0.717) is 12.3 Å². The Morgan fingerprint density at radius 2 is 2.22 bits per heavy atom. The van der Waals surface area contributed by atoms with Crippen LogP contribution in [0.15, 0.2) is 30.3 Å². The third-order valence-corrected chi connectivity index (χ3v) is 4.58. The molecule has 98 valence electrons. The molecule has 0 radical (unpaired) electrons. The number of hydrogen-bond acceptors (Lipinski definition) is 2. The maximum Gasteiger partial charge on any atom is 0.410 e. The Morgan fingerprint density at radius 1 is 1.44 bits per heavy atom. The van der Waals surface area contributed by atoms with Gasteiger partial charge < -0.3 is 9.64 Å². The minimum absolute atomic E-state index is 0.165. The second-order valence-corrected chi connectivity index (χ2v) is 6.01. The van der Waals surface area contributed by atoms with Crippen molar-refractivity contribution < 1.29 is 9.53 Å². The molecule has 0 bridgehead atoms. The fraction of sp³-hybridized carbons (Fsp3) is 0.500. The Labute approximate surface area is 110 Å². The van der Waals surface area contributed by atoms with E-state index in [1.54, 1.807) is 0 Å². The van der Waals surface area contributed by atoms with Gasteiger partial charge in [0.2, 0.25) is 0 Å². The van der Waals surface area contributed by atoms with Gasteiger partial charge in [-0.05, 0) is 30.7 Å². The van der Waals surface area contributed by atoms with Crippen molar-refractivity contribution in [3.05, 3.63) is 35.9 Å². The van der Waals surface area contributed by atoms with Crippen LogP contribution in [0.5, 0.6) is 0 Å². The van der Waals surface area contributed by atoms with E-state index in [-0.39, 0.29) is 6.09 Å². The highest BCUT2D eigenvalue weighted by Crippen LogP contribution is 2.25. The average Bonchev–Trinajstić information content (AvgIpc) is 2.46. The third-order valence-electron chi connectivity index (χ3n) is 3.29. The highest BCUT2D eigenvalue weighted by molar-refractivity contribution is 7.37. The van der Waals surface area contributed by atoms with Gasteiger partial charge in [-0.15, -0.1) is 8.58 Å². The molecule has 1 aromatic rings. The lowest BCUT2D eigenvalue weighted by Gasteiger charge is -2.31. The molecule has 1 amide bonds. The van der Waals surface area contributed by atoms with Gasteiger partial charge >= 0.3 is 6.09 Å². The van der Waals surface area contributed by atoms with Crippen LogP contribution in [0.3, 0.4) is 0 Å². The lowest BCUT2D eigenvalue weighted by atomic mass is 10.1. The van der Waals surface area contributed by atoms with Crippen LogP contribution in [0.4, 0.5) is 4.79 Å². The summed E-state index contributed by atoms with van der Waals surface area (Å²) in [5.41, 5.74) is 1.71. The van der Waals surface area contributed by atoms with Crippen LogP contribution in [-0.2, 0) is 11.3 Å². The van der Waals surface area contributed by atoms with E-state index in [1.165, 1.54) is 6.42 Å². The first kappa shape index (κ1) is 13.4. The number of benzene rings is 1. The van der Waals surface area contributed by atoms with Gasteiger partial charge in [-0.25, -0.2) is 4.79 Å². The molecule has 1 saturated heterocycles. The molecule has 18 heavy (non-hydrogen) atoms. The molecule has 4 heteroatoms. The summed E-state index contributed by atoms with van der Waals surface area (Å²) in [6, 6.07) is 9.82. The monoisotopic (exact) mass is 265 g/mol. The SMILES string of the molecule is CPC1CCCN(C(=O)OCc2ccccc2)C1. The van der Waals surface area contributed by atoms with Crippen molar-refractivity contribution in [1.29, 1.82) is 0 Å². The fourth-order valence-electron chi connectivity index (χ4n) is 2.19. The molecule has 0 spiro atoms. The first-order valence-electron chi connectivity index (χ1n) is 6.42. The highest BCUT2D eigenvalue weighted by atomic mass is 31.1. The summed E-state index contributed by atoms with van der Waals surface area (Å²) in [4.78, 5) is 13.8. The Balaban J connectivity index is 1.81. The molecule has 0 aromatic heterocycles. The third kappa shape index (κ3) is 3.71. The number of ether oxygens (including phenoxy) is 1.